The summed E-state index contributed by atoms with van der Waals surface area (Å²) in [5, 5.41) is 0. The highest BCUT2D eigenvalue weighted by Crippen LogP contribution is 2.30. The van der Waals surface area contributed by atoms with Crippen LogP contribution in [-0.4, -0.2) is 79.7 Å². The van der Waals surface area contributed by atoms with E-state index in [-0.39, 0.29) is 13.2 Å². The minimum Gasteiger partial charge on any atom is -0.493 e. The highest BCUT2D eigenvalue weighted by atomic mass is 16.6. The topological polar surface area (TPSA) is 81.7 Å². The van der Waals surface area contributed by atoms with Crippen LogP contribution in [-0.2, 0) is 23.7 Å². The van der Waals surface area contributed by atoms with E-state index in [1.54, 1.807) is 18.2 Å². The largest absolute Gasteiger partial charge is 0.493 e. The molecular formula is C19H30O8. The molecule has 1 aromatic carbocycles. The van der Waals surface area contributed by atoms with Crippen molar-refractivity contribution in [2.24, 2.45) is 0 Å². The zero-order valence-electron chi connectivity index (χ0n) is 16.4. The number of ether oxygens (including phenoxy) is 7. The Morgan fingerprint density at radius 3 is 1.85 bits per heavy atom. The Morgan fingerprint density at radius 2 is 1.33 bits per heavy atom. The third-order valence-electron chi connectivity index (χ3n) is 3.40. The lowest BCUT2D eigenvalue weighted by atomic mass is 10.2. The van der Waals surface area contributed by atoms with Gasteiger partial charge in [-0.3, -0.25) is 0 Å². The molecule has 1 aromatic rings. The lowest BCUT2D eigenvalue weighted by Crippen LogP contribution is -2.15. The number of rotatable bonds is 16. The minimum absolute atomic E-state index is 0.139. The molecule has 0 bridgehead atoms. The Kier molecular flexibility index (Phi) is 13.1. The van der Waals surface area contributed by atoms with E-state index in [0.717, 1.165) is 0 Å². The second-order valence-electron chi connectivity index (χ2n) is 5.21. The van der Waals surface area contributed by atoms with Crippen molar-refractivity contribution in [2.75, 3.05) is 73.7 Å². The minimum atomic E-state index is -0.491. The fourth-order valence-corrected chi connectivity index (χ4v) is 2.12. The van der Waals surface area contributed by atoms with Crippen molar-refractivity contribution in [3.05, 3.63) is 23.8 Å². The number of benzene rings is 1. The molecule has 27 heavy (non-hydrogen) atoms. The Hall–Kier alpha value is -1.87. The van der Waals surface area contributed by atoms with Crippen molar-refractivity contribution >= 4 is 5.97 Å². The van der Waals surface area contributed by atoms with Gasteiger partial charge in [-0.05, 0) is 19.1 Å². The first kappa shape index (κ1) is 23.2. The Labute approximate surface area is 160 Å². The number of esters is 1. The summed E-state index contributed by atoms with van der Waals surface area (Å²) in [5.74, 6) is 0.333. The van der Waals surface area contributed by atoms with Gasteiger partial charge in [0.15, 0.2) is 11.5 Å². The van der Waals surface area contributed by atoms with Crippen LogP contribution < -0.4 is 9.47 Å². The summed E-state index contributed by atoms with van der Waals surface area (Å²) in [6.07, 6.45) is 0. The summed E-state index contributed by atoms with van der Waals surface area (Å²) in [6, 6.07) is 5.03. The van der Waals surface area contributed by atoms with Crippen LogP contribution in [0.25, 0.3) is 0 Å². The number of hydrogen-bond donors (Lipinski definition) is 0. The van der Waals surface area contributed by atoms with Gasteiger partial charge in [0.1, 0.15) is 12.2 Å². The SMILES string of the molecule is CCOCCOCCOCCOCCOC(=O)c1cccc(OC)c1OC. The molecule has 0 unspecified atom stereocenters. The molecule has 0 aromatic heterocycles. The van der Waals surface area contributed by atoms with E-state index in [2.05, 4.69) is 0 Å². The lowest BCUT2D eigenvalue weighted by molar-refractivity contribution is -0.00810. The maximum atomic E-state index is 12.1. The molecule has 0 radical (unpaired) electrons. The van der Waals surface area contributed by atoms with Gasteiger partial charge in [0.05, 0.1) is 60.5 Å². The van der Waals surface area contributed by atoms with Crippen molar-refractivity contribution in [3.8, 4) is 11.5 Å². The van der Waals surface area contributed by atoms with Crippen molar-refractivity contribution in [3.63, 3.8) is 0 Å². The van der Waals surface area contributed by atoms with Crippen LogP contribution in [0.3, 0.4) is 0 Å². The summed E-state index contributed by atoms with van der Waals surface area (Å²) in [6.45, 7) is 6.11. The zero-order valence-corrected chi connectivity index (χ0v) is 16.4. The fraction of sp³-hybridized carbons (Fsp3) is 0.632. The number of hydrogen-bond acceptors (Lipinski definition) is 8. The van der Waals surface area contributed by atoms with Gasteiger partial charge in [-0.1, -0.05) is 6.07 Å². The second-order valence-corrected chi connectivity index (χ2v) is 5.21. The van der Waals surface area contributed by atoms with Crippen LogP contribution >= 0.6 is 0 Å². The predicted octanol–water partition coefficient (Wildman–Crippen LogP) is 1.95. The Morgan fingerprint density at radius 1 is 0.778 bits per heavy atom. The molecule has 0 atom stereocenters. The van der Waals surface area contributed by atoms with Gasteiger partial charge in [0.25, 0.3) is 0 Å². The molecule has 8 heteroatoms. The molecule has 0 fully saturated rings. The highest BCUT2D eigenvalue weighted by molar-refractivity contribution is 5.93. The van der Waals surface area contributed by atoms with Crippen LogP contribution in [0.4, 0.5) is 0 Å². The molecule has 0 spiro atoms. The molecule has 0 saturated carbocycles. The first-order valence-corrected chi connectivity index (χ1v) is 8.93. The summed E-state index contributed by atoms with van der Waals surface area (Å²) < 4.78 is 36.8. The van der Waals surface area contributed by atoms with Crippen molar-refractivity contribution in [2.45, 2.75) is 6.92 Å². The molecule has 0 saturated heterocycles. The molecule has 0 aliphatic carbocycles. The van der Waals surface area contributed by atoms with Gasteiger partial charge in [0.2, 0.25) is 0 Å². The first-order valence-electron chi connectivity index (χ1n) is 8.93. The average Bonchev–Trinajstić information content (AvgIpc) is 2.70. The van der Waals surface area contributed by atoms with Crippen LogP contribution in [0.1, 0.15) is 17.3 Å². The summed E-state index contributed by atoms with van der Waals surface area (Å²) in [7, 11) is 2.98. The highest BCUT2D eigenvalue weighted by Gasteiger charge is 2.17. The van der Waals surface area contributed by atoms with Gasteiger partial charge < -0.3 is 33.2 Å². The second kappa shape index (κ2) is 15.2. The molecule has 0 aliphatic heterocycles. The van der Waals surface area contributed by atoms with Crippen LogP contribution in [0.15, 0.2) is 18.2 Å². The maximum Gasteiger partial charge on any atom is 0.342 e. The standard InChI is InChI=1S/C19H30O8/c1-4-23-8-9-24-10-11-25-12-13-26-14-15-27-19(20)16-6-5-7-17(21-2)18(16)22-3/h5-7H,4,8-15H2,1-3H3. The molecule has 0 heterocycles. The Bertz CT molecular complexity index is 520. The molecule has 0 N–H and O–H groups in total. The first-order chi connectivity index (χ1) is 13.2. The summed E-state index contributed by atoms with van der Waals surface area (Å²) in [5.41, 5.74) is 0.310. The van der Waals surface area contributed by atoms with Gasteiger partial charge in [-0.25, -0.2) is 4.79 Å². The van der Waals surface area contributed by atoms with E-state index in [1.807, 2.05) is 6.92 Å². The van der Waals surface area contributed by atoms with Gasteiger partial charge >= 0.3 is 5.97 Å². The van der Waals surface area contributed by atoms with Crippen LogP contribution in [0, 0.1) is 0 Å². The van der Waals surface area contributed by atoms with Crippen molar-refractivity contribution in [1.82, 2.24) is 0 Å². The quantitative estimate of drug-likeness (QED) is 0.315. The van der Waals surface area contributed by atoms with Crippen molar-refractivity contribution < 1.29 is 38.0 Å². The van der Waals surface area contributed by atoms with E-state index in [0.29, 0.717) is 63.3 Å². The van der Waals surface area contributed by atoms with Crippen LogP contribution in [0.2, 0.25) is 0 Å². The molecule has 154 valence electrons. The van der Waals surface area contributed by atoms with Gasteiger partial charge in [-0.2, -0.15) is 0 Å². The van der Waals surface area contributed by atoms with E-state index in [1.165, 1.54) is 14.2 Å². The molecular weight excluding hydrogens is 356 g/mol. The van der Waals surface area contributed by atoms with Gasteiger partial charge in [-0.15, -0.1) is 0 Å². The average molecular weight is 386 g/mol. The van der Waals surface area contributed by atoms with E-state index < -0.39 is 5.97 Å². The van der Waals surface area contributed by atoms with Gasteiger partial charge in [0, 0.05) is 6.61 Å². The van der Waals surface area contributed by atoms with E-state index >= 15 is 0 Å². The zero-order chi connectivity index (χ0) is 19.7. The monoisotopic (exact) mass is 386 g/mol. The molecule has 8 nitrogen and oxygen atoms in total. The Balaban J connectivity index is 2.06. The molecule has 0 amide bonds. The normalized spacial score (nSPS) is 10.6. The summed E-state index contributed by atoms with van der Waals surface area (Å²) >= 11 is 0. The molecule has 0 aliphatic rings. The number of carbonyl (C=O) groups is 1. The number of para-hydroxylation sites is 1. The van der Waals surface area contributed by atoms with E-state index in [4.69, 9.17) is 33.2 Å². The number of carbonyl (C=O) groups excluding carboxylic acids is 1. The summed E-state index contributed by atoms with van der Waals surface area (Å²) in [4.78, 5) is 12.1. The maximum absolute atomic E-state index is 12.1. The lowest BCUT2D eigenvalue weighted by Gasteiger charge is -2.12. The number of methoxy groups -OCH3 is 2. The fourth-order valence-electron chi connectivity index (χ4n) is 2.12. The third kappa shape index (κ3) is 9.58. The van der Waals surface area contributed by atoms with Crippen LogP contribution in [0.5, 0.6) is 11.5 Å². The third-order valence-corrected chi connectivity index (χ3v) is 3.40. The molecule has 1 rings (SSSR count). The van der Waals surface area contributed by atoms with E-state index in [9.17, 15) is 4.79 Å². The van der Waals surface area contributed by atoms with Crippen molar-refractivity contribution in [1.29, 1.82) is 0 Å². The predicted molar refractivity (Wildman–Crippen MR) is 98.8 cm³/mol. The smallest absolute Gasteiger partial charge is 0.342 e.